The third-order valence-electron chi connectivity index (χ3n) is 4.73. The Balaban J connectivity index is 1.63. The summed E-state index contributed by atoms with van der Waals surface area (Å²) in [5.41, 5.74) is 0.761. The van der Waals surface area contributed by atoms with Crippen molar-refractivity contribution in [3.05, 3.63) is 50.3 Å². The summed E-state index contributed by atoms with van der Waals surface area (Å²) in [5.74, 6) is -5.32. The molecule has 0 bridgehead atoms. The van der Waals surface area contributed by atoms with Gasteiger partial charge in [0, 0.05) is 50.2 Å². The fourth-order valence-corrected chi connectivity index (χ4v) is 5.30. The summed E-state index contributed by atoms with van der Waals surface area (Å²) >= 11 is 1.05. The summed E-state index contributed by atoms with van der Waals surface area (Å²) in [4.78, 5) is 24.4. The van der Waals surface area contributed by atoms with E-state index in [0.29, 0.717) is 12.1 Å². The van der Waals surface area contributed by atoms with Gasteiger partial charge in [-0.15, -0.1) is 0 Å². The lowest BCUT2D eigenvalue weighted by Crippen LogP contribution is -2.50. The van der Waals surface area contributed by atoms with Crippen molar-refractivity contribution in [1.29, 1.82) is 0 Å². The average Bonchev–Trinajstić information content (AvgIpc) is 3.01. The van der Waals surface area contributed by atoms with Crippen LogP contribution in [-0.4, -0.2) is 54.3 Å². The van der Waals surface area contributed by atoms with Crippen molar-refractivity contribution in [2.24, 2.45) is 0 Å². The number of aromatic nitrogens is 1. The Labute approximate surface area is 169 Å². The number of aryl methyl sites for hydroxylation is 1. The number of sulfonamides is 1. The molecule has 2 heterocycles. The molecule has 1 amide bonds. The largest absolute Gasteiger partial charge is 0.340 e. The highest BCUT2D eigenvalue weighted by molar-refractivity contribution is 7.89. The van der Waals surface area contributed by atoms with Crippen LogP contribution in [0, 0.1) is 24.4 Å². The molecule has 12 heteroatoms. The van der Waals surface area contributed by atoms with Gasteiger partial charge in [-0.2, -0.15) is 4.31 Å². The van der Waals surface area contributed by atoms with Gasteiger partial charge in [-0.3, -0.25) is 9.59 Å². The van der Waals surface area contributed by atoms with E-state index in [1.165, 1.54) is 9.47 Å². The molecular formula is C17H18F3N3O4S2. The molecule has 1 aliphatic rings. The maximum absolute atomic E-state index is 13.9. The SMILES string of the molecule is Cc1csc(=O)n1CCC(=O)N1CCN(S(=O)(=O)c2ccc(F)c(F)c2F)CC1. The van der Waals surface area contributed by atoms with Crippen molar-refractivity contribution in [3.8, 4) is 0 Å². The first-order chi connectivity index (χ1) is 13.6. The van der Waals surface area contributed by atoms with Crippen molar-refractivity contribution in [2.75, 3.05) is 26.2 Å². The normalized spacial score (nSPS) is 15.7. The van der Waals surface area contributed by atoms with Crippen LogP contribution in [0.15, 0.2) is 27.2 Å². The number of piperazine rings is 1. The maximum atomic E-state index is 13.9. The lowest BCUT2D eigenvalue weighted by atomic mass is 10.3. The van der Waals surface area contributed by atoms with Crippen LogP contribution in [0.25, 0.3) is 0 Å². The molecule has 1 aromatic carbocycles. The lowest BCUT2D eigenvalue weighted by molar-refractivity contribution is -0.132. The number of amides is 1. The van der Waals surface area contributed by atoms with Crippen LogP contribution in [0.5, 0.6) is 0 Å². The summed E-state index contributed by atoms with van der Waals surface area (Å²) in [7, 11) is -4.37. The van der Waals surface area contributed by atoms with E-state index in [2.05, 4.69) is 0 Å². The lowest BCUT2D eigenvalue weighted by Gasteiger charge is -2.34. The van der Waals surface area contributed by atoms with Crippen molar-refractivity contribution < 1.29 is 26.4 Å². The van der Waals surface area contributed by atoms with Crippen LogP contribution < -0.4 is 4.87 Å². The highest BCUT2D eigenvalue weighted by Crippen LogP contribution is 2.24. The molecule has 0 spiro atoms. The van der Waals surface area contributed by atoms with Gasteiger partial charge in [0.15, 0.2) is 17.5 Å². The van der Waals surface area contributed by atoms with Crippen molar-refractivity contribution in [1.82, 2.24) is 13.8 Å². The van der Waals surface area contributed by atoms with Gasteiger partial charge >= 0.3 is 4.87 Å². The minimum atomic E-state index is -4.37. The highest BCUT2D eigenvalue weighted by Gasteiger charge is 2.33. The topological polar surface area (TPSA) is 79.7 Å². The van der Waals surface area contributed by atoms with E-state index >= 15 is 0 Å². The van der Waals surface area contributed by atoms with Gasteiger partial charge in [0.2, 0.25) is 15.9 Å². The monoisotopic (exact) mass is 449 g/mol. The summed E-state index contributed by atoms with van der Waals surface area (Å²) in [6.45, 7) is 1.92. The highest BCUT2D eigenvalue weighted by atomic mass is 32.2. The zero-order valence-corrected chi connectivity index (χ0v) is 17.0. The average molecular weight is 449 g/mol. The minimum absolute atomic E-state index is 0.0703. The Morgan fingerprint density at radius 3 is 2.34 bits per heavy atom. The van der Waals surface area contributed by atoms with E-state index in [1.807, 2.05) is 0 Å². The zero-order chi connectivity index (χ0) is 21.3. The predicted molar refractivity (Wildman–Crippen MR) is 99.6 cm³/mol. The van der Waals surface area contributed by atoms with Gasteiger partial charge in [0.1, 0.15) is 4.90 Å². The molecule has 0 radical (unpaired) electrons. The molecule has 0 aliphatic carbocycles. The number of carbonyl (C=O) groups is 1. The number of benzene rings is 1. The van der Waals surface area contributed by atoms with E-state index in [1.54, 1.807) is 12.3 Å². The van der Waals surface area contributed by atoms with E-state index in [4.69, 9.17) is 0 Å². The zero-order valence-electron chi connectivity index (χ0n) is 15.4. The first-order valence-corrected chi connectivity index (χ1v) is 11.0. The third kappa shape index (κ3) is 4.23. The Kier molecular flexibility index (Phi) is 6.15. The van der Waals surface area contributed by atoms with E-state index in [9.17, 15) is 31.2 Å². The summed E-state index contributed by atoms with van der Waals surface area (Å²) in [6, 6.07) is 1.24. The van der Waals surface area contributed by atoms with E-state index < -0.39 is 32.4 Å². The van der Waals surface area contributed by atoms with Crippen molar-refractivity contribution in [2.45, 2.75) is 24.8 Å². The number of nitrogens with zero attached hydrogens (tertiary/aromatic N) is 3. The molecule has 1 aliphatic heterocycles. The van der Waals surface area contributed by atoms with Crippen LogP contribution in [0.4, 0.5) is 13.2 Å². The molecule has 0 unspecified atom stereocenters. The summed E-state index contributed by atoms with van der Waals surface area (Å²) in [5, 5.41) is 1.70. The summed E-state index contributed by atoms with van der Waals surface area (Å²) in [6.07, 6.45) is 0.0853. The summed E-state index contributed by atoms with van der Waals surface area (Å²) < 4.78 is 67.9. The number of hydrogen-bond donors (Lipinski definition) is 0. The van der Waals surface area contributed by atoms with Crippen LogP contribution in [0.3, 0.4) is 0 Å². The molecule has 0 atom stereocenters. The second kappa shape index (κ2) is 8.28. The number of thiazole rings is 1. The number of carbonyl (C=O) groups excluding carboxylic acids is 1. The maximum Gasteiger partial charge on any atom is 0.307 e. The Morgan fingerprint density at radius 2 is 1.76 bits per heavy atom. The first kappa shape index (κ1) is 21.5. The second-order valence-corrected chi connectivity index (χ2v) is 9.23. The van der Waals surface area contributed by atoms with Gasteiger partial charge in [-0.1, -0.05) is 11.3 Å². The Morgan fingerprint density at radius 1 is 1.10 bits per heavy atom. The Hall–Kier alpha value is -2.18. The molecule has 0 saturated carbocycles. The molecular weight excluding hydrogens is 431 g/mol. The van der Waals surface area contributed by atoms with Crippen LogP contribution in [0.2, 0.25) is 0 Å². The first-order valence-electron chi connectivity index (χ1n) is 8.69. The van der Waals surface area contributed by atoms with Crippen LogP contribution >= 0.6 is 11.3 Å². The molecule has 7 nitrogen and oxygen atoms in total. The number of hydrogen-bond acceptors (Lipinski definition) is 5. The third-order valence-corrected chi connectivity index (χ3v) is 7.53. The van der Waals surface area contributed by atoms with E-state index in [-0.39, 0.29) is 49.9 Å². The quantitative estimate of drug-likeness (QED) is 0.649. The molecule has 2 aromatic rings. The molecule has 0 N–H and O–H groups in total. The molecule has 158 valence electrons. The van der Waals surface area contributed by atoms with Gasteiger partial charge < -0.3 is 9.47 Å². The smallest absolute Gasteiger partial charge is 0.307 e. The fourth-order valence-electron chi connectivity index (χ4n) is 3.06. The predicted octanol–water partition coefficient (Wildman–Crippen LogP) is 1.56. The van der Waals surface area contributed by atoms with Gasteiger partial charge in [-0.25, -0.2) is 21.6 Å². The molecule has 1 fully saturated rings. The molecule has 29 heavy (non-hydrogen) atoms. The minimum Gasteiger partial charge on any atom is -0.340 e. The Bertz CT molecular complexity index is 1090. The van der Waals surface area contributed by atoms with Crippen molar-refractivity contribution in [3.63, 3.8) is 0 Å². The van der Waals surface area contributed by atoms with E-state index in [0.717, 1.165) is 21.3 Å². The molecule has 1 saturated heterocycles. The molecule has 1 aromatic heterocycles. The van der Waals surface area contributed by atoms with Gasteiger partial charge in [-0.05, 0) is 19.1 Å². The standard InChI is InChI=1S/C17H18F3N3O4S2/c1-11-10-28-17(25)23(11)5-4-14(24)21-6-8-22(9-7-21)29(26,27)13-3-2-12(18)15(19)16(13)20/h2-3,10H,4-9H2,1H3. The van der Waals surface area contributed by atoms with Crippen molar-refractivity contribution >= 4 is 27.3 Å². The second-order valence-electron chi connectivity index (χ2n) is 6.50. The fraction of sp³-hybridized carbons (Fsp3) is 0.412. The van der Waals surface area contributed by atoms with Crippen LogP contribution in [0.1, 0.15) is 12.1 Å². The van der Waals surface area contributed by atoms with Gasteiger partial charge in [0.05, 0.1) is 0 Å². The van der Waals surface area contributed by atoms with Crippen LogP contribution in [-0.2, 0) is 21.4 Å². The number of halogens is 3. The van der Waals surface area contributed by atoms with Gasteiger partial charge in [0.25, 0.3) is 0 Å². The number of rotatable bonds is 5. The molecule has 3 rings (SSSR count).